The number of ether oxygens (including phenoxy) is 2. The van der Waals surface area contributed by atoms with E-state index in [1.807, 2.05) is 0 Å². The number of nitrogens with zero attached hydrogens (tertiary/aromatic N) is 4. The van der Waals surface area contributed by atoms with Gasteiger partial charge in [-0.25, -0.2) is 0 Å². The molecule has 0 bridgehead atoms. The minimum atomic E-state index is 0.196. The molecule has 1 aromatic heterocycles. The predicted octanol–water partition coefficient (Wildman–Crippen LogP) is 3.93. The highest BCUT2D eigenvalue weighted by Crippen LogP contribution is 2.39. The van der Waals surface area contributed by atoms with Gasteiger partial charge >= 0.3 is 6.01 Å². The van der Waals surface area contributed by atoms with Gasteiger partial charge in [0.05, 0.1) is 17.7 Å². The Labute approximate surface area is 180 Å². The van der Waals surface area contributed by atoms with Crippen molar-refractivity contribution in [1.82, 2.24) is 14.9 Å². The van der Waals surface area contributed by atoms with Crippen LogP contribution in [0.3, 0.4) is 0 Å². The lowest BCUT2D eigenvalue weighted by Gasteiger charge is -2.31. The number of hydrogen-bond acceptors (Lipinski definition) is 6. The second-order valence-corrected chi connectivity index (χ2v) is 9.41. The van der Waals surface area contributed by atoms with Gasteiger partial charge in [-0.2, -0.15) is 9.97 Å². The molecule has 0 unspecified atom stereocenters. The topological polar surface area (TPSA) is 50.7 Å². The largest absolute Gasteiger partial charge is 0.461 e. The number of hydrogen-bond donors (Lipinski definition) is 0. The van der Waals surface area contributed by atoms with Gasteiger partial charge in [-0.15, -0.1) is 0 Å². The summed E-state index contributed by atoms with van der Waals surface area (Å²) in [4.78, 5) is 14.7. The van der Waals surface area contributed by atoms with Gasteiger partial charge in [-0.3, -0.25) is 4.90 Å². The summed E-state index contributed by atoms with van der Waals surface area (Å²) in [5.74, 6) is 0.971. The van der Waals surface area contributed by atoms with Gasteiger partial charge in [0.1, 0.15) is 12.4 Å². The van der Waals surface area contributed by atoms with E-state index < -0.39 is 0 Å². The molecule has 2 aromatic rings. The van der Waals surface area contributed by atoms with E-state index in [-0.39, 0.29) is 5.54 Å². The van der Waals surface area contributed by atoms with E-state index in [0.717, 1.165) is 59.5 Å². The van der Waals surface area contributed by atoms with Gasteiger partial charge in [0.2, 0.25) is 0 Å². The van der Waals surface area contributed by atoms with Crippen LogP contribution >= 0.6 is 15.9 Å². The Morgan fingerprint density at radius 3 is 2.72 bits per heavy atom. The third-order valence-electron chi connectivity index (χ3n) is 6.82. The van der Waals surface area contributed by atoms with E-state index in [1.165, 1.54) is 38.8 Å². The van der Waals surface area contributed by atoms with Gasteiger partial charge in [0.15, 0.2) is 0 Å². The van der Waals surface area contributed by atoms with Crippen LogP contribution in [-0.4, -0.2) is 66.4 Å². The molecule has 0 spiro atoms. The molecule has 0 radical (unpaired) electrons. The lowest BCUT2D eigenvalue weighted by atomic mass is 9.95. The molecule has 0 atom stereocenters. The van der Waals surface area contributed by atoms with E-state index in [2.05, 4.69) is 44.8 Å². The summed E-state index contributed by atoms with van der Waals surface area (Å²) in [5.41, 5.74) is 2.29. The van der Waals surface area contributed by atoms with Crippen LogP contribution in [0.2, 0.25) is 0 Å². The summed E-state index contributed by atoms with van der Waals surface area (Å²) in [6.45, 7) is 8.53. The van der Waals surface area contributed by atoms with Crippen molar-refractivity contribution in [3.63, 3.8) is 0 Å². The van der Waals surface area contributed by atoms with Crippen molar-refractivity contribution >= 4 is 32.7 Å². The molecule has 156 valence electrons. The van der Waals surface area contributed by atoms with Crippen LogP contribution in [0.25, 0.3) is 10.9 Å². The molecular formula is C22H29BrN4O2. The zero-order valence-electron chi connectivity index (χ0n) is 17.1. The Balaban J connectivity index is 1.50. The fourth-order valence-corrected chi connectivity index (χ4v) is 5.51. The van der Waals surface area contributed by atoms with Crippen molar-refractivity contribution < 1.29 is 9.47 Å². The molecule has 5 rings (SSSR count). The van der Waals surface area contributed by atoms with Crippen molar-refractivity contribution in [3.8, 4) is 6.01 Å². The number of rotatable bonds is 4. The standard InChI is InChI=1S/C22H29BrN4O2/c1-16-18(23)6-5-17-19(16)24-21(25-20(17)26-9-4-13-28-14-12-26)29-15-22-7-2-10-27(22)11-3-8-22/h5-6H,2-4,7-15H2,1H3. The number of aryl methyl sites for hydroxylation is 1. The first-order valence-corrected chi connectivity index (χ1v) is 11.6. The summed E-state index contributed by atoms with van der Waals surface area (Å²) in [6, 6.07) is 4.71. The van der Waals surface area contributed by atoms with Crippen LogP contribution in [0, 0.1) is 6.92 Å². The SMILES string of the molecule is Cc1c(Br)ccc2c(N3CCCOCC3)nc(OCC34CCCN3CCC4)nc12. The fraction of sp³-hybridized carbons (Fsp3) is 0.636. The minimum Gasteiger partial charge on any atom is -0.461 e. The minimum absolute atomic E-state index is 0.196. The second kappa shape index (κ2) is 8.00. The number of fused-ring (bicyclic) bond motifs is 2. The van der Waals surface area contributed by atoms with Crippen LogP contribution in [0.4, 0.5) is 5.82 Å². The van der Waals surface area contributed by atoms with Crippen LogP contribution in [0.5, 0.6) is 6.01 Å². The fourth-order valence-electron chi connectivity index (χ4n) is 5.19. The average molecular weight is 461 g/mol. The molecular weight excluding hydrogens is 432 g/mol. The molecule has 4 heterocycles. The van der Waals surface area contributed by atoms with Crippen molar-refractivity contribution in [1.29, 1.82) is 0 Å². The Kier molecular flexibility index (Phi) is 5.39. The number of aromatic nitrogens is 2. The molecule has 6 nitrogen and oxygen atoms in total. The molecule has 3 aliphatic rings. The van der Waals surface area contributed by atoms with Gasteiger partial charge < -0.3 is 14.4 Å². The number of benzene rings is 1. The first kappa shape index (κ1) is 19.5. The molecule has 0 N–H and O–H groups in total. The van der Waals surface area contributed by atoms with E-state index in [9.17, 15) is 0 Å². The highest BCUT2D eigenvalue weighted by molar-refractivity contribution is 9.10. The second-order valence-electron chi connectivity index (χ2n) is 8.56. The molecule has 3 aliphatic heterocycles. The average Bonchev–Trinajstić information content (AvgIpc) is 3.18. The highest BCUT2D eigenvalue weighted by Gasteiger charge is 2.45. The van der Waals surface area contributed by atoms with Crippen LogP contribution in [0.15, 0.2) is 16.6 Å². The first-order chi connectivity index (χ1) is 14.2. The normalized spacial score (nSPS) is 22.1. The van der Waals surface area contributed by atoms with Crippen LogP contribution < -0.4 is 9.64 Å². The maximum atomic E-state index is 6.32. The monoisotopic (exact) mass is 460 g/mol. The summed E-state index contributed by atoms with van der Waals surface area (Å²) in [6.07, 6.45) is 6.00. The summed E-state index contributed by atoms with van der Waals surface area (Å²) in [5, 5.41) is 1.08. The number of halogens is 1. The Morgan fingerprint density at radius 1 is 1.07 bits per heavy atom. The smallest absolute Gasteiger partial charge is 0.319 e. The van der Waals surface area contributed by atoms with Gasteiger partial charge in [0.25, 0.3) is 0 Å². The van der Waals surface area contributed by atoms with Gasteiger partial charge in [-0.1, -0.05) is 15.9 Å². The van der Waals surface area contributed by atoms with Crippen molar-refractivity contribution in [3.05, 3.63) is 22.2 Å². The first-order valence-electron chi connectivity index (χ1n) is 10.8. The van der Waals surface area contributed by atoms with Crippen LogP contribution in [0.1, 0.15) is 37.7 Å². The quantitative estimate of drug-likeness (QED) is 0.688. The molecule has 0 saturated carbocycles. The van der Waals surface area contributed by atoms with E-state index in [0.29, 0.717) is 12.6 Å². The summed E-state index contributed by atoms with van der Waals surface area (Å²) < 4.78 is 13.1. The Morgan fingerprint density at radius 2 is 1.90 bits per heavy atom. The van der Waals surface area contributed by atoms with Gasteiger partial charge in [0, 0.05) is 29.6 Å². The number of anilines is 1. The third-order valence-corrected chi connectivity index (χ3v) is 7.68. The zero-order chi connectivity index (χ0) is 19.8. The van der Waals surface area contributed by atoms with E-state index in [1.54, 1.807) is 0 Å². The summed E-state index contributed by atoms with van der Waals surface area (Å²) in [7, 11) is 0. The molecule has 3 saturated heterocycles. The lowest BCUT2D eigenvalue weighted by Crippen LogP contribution is -2.43. The Hall–Kier alpha value is -1.44. The van der Waals surface area contributed by atoms with Crippen molar-refractivity contribution in [2.24, 2.45) is 0 Å². The van der Waals surface area contributed by atoms with Crippen molar-refractivity contribution in [2.75, 3.05) is 50.9 Å². The van der Waals surface area contributed by atoms with E-state index >= 15 is 0 Å². The third kappa shape index (κ3) is 3.62. The maximum absolute atomic E-state index is 6.32. The highest BCUT2D eigenvalue weighted by atomic mass is 79.9. The maximum Gasteiger partial charge on any atom is 0.319 e. The van der Waals surface area contributed by atoms with Gasteiger partial charge in [-0.05, 0) is 69.8 Å². The molecule has 3 fully saturated rings. The predicted molar refractivity (Wildman–Crippen MR) is 118 cm³/mol. The zero-order valence-corrected chi connectivity index (χ0v) is 18.7. The molecule has 0 aliphatic carbocycles. The molecule has 29 heavy (non-hydrogen) atoms. The Bertz CT molecular complexity index is 888. The lowest BCUT2D eigenvalue weighted by molar-refractivity contribution is 0.108. The van der Waals surface area contributed by atoms with E-state index in [4.69, 9.17) is 19.4 Å². The summed E-state index contributed by atoms with van der Waals surface area (Å²) >= 11 is 3.66. The van der Waals surface area contributed by atoms with Crippen molar-refractivity contribution in [2.45, 2.75) is 44.6 Å². The molecule has 7 heteroatoms. The molecule has 0 amide bonds. The molecule has 1 aromatic carbocycles. The van der Waals surface area contributed by atoms with Crippen LogP contribution in [-0.2, 0) is 4.74 Å².